The maximum Gasteiger partial charge on any atom is 0.412 e. The van der Waals surface area contributed by atoms with Gasteiger partial charge < -0.3 is 19.1 Å². The Bertz CT molecular complexity index is 760. The molecule has 1 aromatic carbocycles. The molecule has 0 spiro atoms. The molecule has 1 aromatic heterocycles. The molecular formula is C16H18N2O6. The van der Waals surface area contributed by atoms with Gasteiger partial charge in [0, 0.05) is 11.6 Å². The van der Waals surface area contributed by atoms with Gasteiger partial charge in [-0.05, 0) is 39.0 Å². The van der Waals surface area contributed by atoms with Gasteiger partial charge in [-0.1, -0.05) is 5.16 Å². The summed E-state index contributed by atoms with van der Waals surface area (Å²) in [5.41, 5.74) is 0.599. The third-order valence-corrected chi connectivity index (χ3v) is 2.85. The van der Waals surface area contributed by atoms with Crippen LogP contribution in [0.3, 0.4) is 0 Å². The van der Waals surface area contributed by atoms with Crippen molar-refractivity contribution in [1.82, 2.24) is 5.16 Å². The molecule has 8 nitrogen and oxygen atoms in total. The molecule has 0 aliphatic heterocycles. The summed E-state index contributed by atoms with van der Waals surface area (Å²) in [7, 11) is 1.47. The van der Waals surface area contributed by atoms with Gasteiger partial charge in [0.1, 0.15) is 17.0 Å². The monoisotopic (exact) mass is 334 g/mol. The Morgan fingerprint density at radius 2 is 1.96 bits per heavy atom. The third-order valence-electron chi connectivity index (χ3n) is 2.85. The number of carboxylic acids is 1. The summed E-state index contributed by atoms with van der Waals surface area (Å²) in [6.45, 7) is 5.26. The molecule has 0 saturated carbocycles. The maximum absolute atomic E-state index is 11.9. The smallest absolute Gasteiger partial charge is 0.412 e. The van der Waals surface area contributed by atoms with E-state index in [4.69, 9.17) is 19.1 Å². The summed E-state index contributed by atoms with van der Waals surface area (Å²) in [6.07, 6.45) is -0.635. The Kier molecular flexibility index (Phi) is 4.77. The number of hydrogen-bond donors (Lipinski definition) is 2. The van der Waals surface area contributed by atoms with Gasteiger partial charge >= 0.3 is 12.1 Å². The van der Waals surface area contributed by atoms with Crippen molar-refractivity contribution in [3.05, 3.63) is 30.0 Å². The molecule has 0 aliphatic rings. The molecule has 0 unspecified atom stereocenters. The van der Waals surface area contributed by atoms with E-state index in [2.05, 4.69) is 10.5 Å². The number of aromatic carboxylic acids is 1. The molecule has 0 bridgehead atoms. The van der Waals surface area contributed by atoms with Crippen molar-refractivity contribution in [3.63, 3.8) is 0 Å². The number of anilines is 1. The highest BCUT2D eigenvalue weighted by atomic mass is 16.6. The average Bonchev–Trinajstić information content (AvgIpc) is 2.95. The molecule has 2 aromatic rings. The lowest BCUT2D eigenvalue weighted by Gasteiger charge is -2.20. The van der Waals surface area contributed by atoms with Crippen molar-refractivity contribution in [2.24, 2.45) is 0 Å². The number of carboxylic acid groups (broad SMARTS) is 1. The number of hydrogen-bond acceptors (Lipinski definition) is 6. The van der Waals surface area contributed by atoms with Crippen LogP contribution in [0.4, 0.5) is 10.5 Å². The minimum Gasteiger partial charge on any atom is -0.495 e. The molecule has 0 radical (unpaired) electrons. The van der Waals surface area contributed by atoms with Crippen LogP contribution in [-0.2, 0) is 4.74 Å². The number of methoxy groups -OCH3 is 1. The standard InChI is InChI=1S/C16H18N2O6/c1-16(2,3)23-15(21)17-11-7-9(5-6-12(11)22-4)10-8-13(14(19)20)24-18-10/h5-8H,1-4H3,(H,17,21)(H,19,20). The van der Waals surface area contributed by atoms with Gasteiger partial charge in [-0.2, -0.15) is 0 Å². The van der Waals surface area contributed by atoms with Crippen LogP contribution in [0.25, 0.3) is 11.3 Å². The van der Waals surface area contributed by atoms with Crippen molar-refractivity contribution < 1.29 is 28.7 Å². The molecule has 128 valence electrons. The van der Waals surface area contributed by atoms with E-state index >= 15 is 0 Å². The van der Waals surface area contributed by atoms with Crippen molar-refractivity contribution in [2.45, 2.75) is 26.4 Å². The number of amides is 1. The van der Waals surface area contributed by atoms with Gasteiger partial charge in [-0.25, -0.2) is 9.59 Å². The van der Waals surface area contributed by atoms with Gasteiger partial charge in [0.25, 0.3) is 0 Å². The van der Waals surface area contributed by atoms with Crippen molar-refractivity contribution in [3.8, 4) is 17.0 Å². The molecular weight excluding hydrogens is 316 g/mol. The fourth-order valence-electron chi connectivity index (χ4n) is 1.89. The van der Waals surface area contributed by atoms with Crippen LogP contribution in [-0.4, -0.2) is 35.0 Å². The Hall–Kier alpha value is -3.03. The molecule has 0 aliphatic carbocycles. The van der Waals surface area contributed by atoms with E-state index in [-0.39, 0.29) is 5.76 Å². The highest BCUT2D eigenvalue weighted by Gasteiger charge is 2.19. The topological polar surface area (TPSA) is 111 Å². The van der Waals surface area contributed by atoms with Crippen LogP contribution in [0.15, 0.2) is 28.8 Å². The van der Waals surface area contributed by atoms with Gasteiger partial charge in [0.15, 0.2) is 0 Å². The molecule has 0 saturated heterocycles. The van der Waals surface area contributed by atoms with E-state index in [1.165, 1.54) is 13.2 Å². The van der Waals surface area contributed by atoms with Crippen LogP contribution in [0.5, 0.6) is 5.75 Å². The van der Waals surface area contributed by atoms with E-state index in [1.54, 1.807) is 39.0 Å². The number of ether oxygens (including phenoxy) is 2. The number of carbonyl (C=O) groups is 2. The molecule has 1 heterocycles. The predicted octanol–water partition coefficient (Wildman–Crippen LogP) is 3.40. The number of benzene rings is 1. The zero-order chi connectivity index (χ0) is 17.9. The lowest BCUT2D eigenvalue weighted by atomic mass is 10.1. The quantitative estimate of drug-likeness (QED) is 0.881. The SMILES string of the molecule is COc1ccc(-c2cc(C(=O)O)on2)cc1NC(=O)OC(C)(C)C. The Morgan fingerprint density at radius 1 is 1.25 bits per heavy atom. The summed E-state index contributed by atoms with van der Waals surface area (Å²) >= 11 is 0. The van der Waals surface area contributed by atoms with E-state index in [1.807, 2.05) is 0 Å². The first-order valence-electron chi connectivity index (χ1n) is 7.08. The highest BCUT2D eigenvalue weighted by Crippen LogP contribution is 2.31. The van der Waals surface area contributed by atoms with Crippen LogP contribution >= 0.6 is 0 Å². The summed E-state index contributed by atoms with van der Waals surface area (Å²) in [4.78, 5) is 22.8. The second-order valence-corrected chi connectivity index (χ2v) is 5.92. The fraction of sp³-hybridized carbons (Fsp3) is 0.312. The highest BCUT2D eigenvalue weighted by molar-refractivity contribution is 5.89. The van der Waals surface area contributed by atoms with Crippen molar-refractivity contribution in [2.75, 3.05) is 12.4 Å². The number of nitrogens with one attached hydrogen (secondary N) is 1. The molecule has 8 heteroatoms. The van der Waals surface area contributed by atoms with Gasteiger partial charge in [0.05, 0.1) is 12.8 Å². The first kappa shape index (κ1) is 17.3. The summed E-state index contributed by atoms with van der Waals surface area (Å²) in [5.74, 6) is -1.07. The largest absolute Gasteiger partial charge is 0.495 e. The second-order valence-electron chi connectivity index (χ2n) is 5.92. The van der Waals surface area contributed by atoms with Crippen molar-refractivity contribution >= 4 is 17.7 Å². The van der Waals surface area contributed by atoms with Crippen LogP contribution < -0.4 is 10.1 Å². The van der Waals surface area contributed by atoms with Crippen LogP contribution in [0.2, 0.25) is 0 Å². The van der Waals surface area contributed by atoms with Crippen LogP contribution in [0, 0.1) is 0 Å². The summed E-state index contributed by atoms with van der Waals surface area (Å²) in [5, 5.41) is 15.2. The average molecular weight is 334 g/mol. The molecule has 2 N–H and O–H groups in total. The van der Waals surface area contributed by atoms with Gasteiger partial charge in [-0.15, -0.1) is 0 Å². The van der Waals surface area contributed by atoms with E-state index in [0.29, 0.717) is 22.7 Å². The van der Waals surface area contributed by atoms with Gasteiger partial charge in [-0.3, -0.25) is 5.32 Å². The minimum atomic E-state index is -1.21. The first-order chi connectivity index (χ1) is 11.2. The summed E-state index contributed by atoms with van der Waals surface area (Å²) < 4.78 is 15.1. The Labute approximate surface area is 138 Å². The number of aromatic nitrogens is 1. The Balaban J connectivity index is 2.29. The molecule has 24 heavy (non-hydrogen) atoms. The lowest BCUT2D eigenvalue weighted by molar-refractivity contribution is 0.0630. The zero-order valence-electron chi connectivity index (χ0n) is 13.7. The number of carbonyl (C=O) groups excluding carboxylic acids is 1. The first-order valence-corrected chi connectivity index (χ1v) is 7.08. The normalized spacial score (nSPS) is 11.0. The lowest BCUT2D eigenvalue weighted by Crippen LogP contribution is -2.27. The van der Waals surface area contributed by atoms with E-state index < -0.39 is 17.7 Å². The number of rotatable bonds is 4. The van der Waals surface area contributed by atoms with E-state index in [9.17, 15) is 9.59 Å². The van der Waals surface area contributed by atoms with Crippen LogP contribution in [0.1, 0.15) is 31.3 Å². The van der Waals surface area contributed by atoms with Gasteiger partial charge in [0.2, 0.25) is 5.76 Å². The zero-order valence-corrected chi connectivity index (χ0v) is 13.7. The maximum atomic E-state index is 11.9. The molecule has 0 atom stereocenters. The summed E-state index contributed by atoms with van der Waals surface area (Å²) in [6, 6.07) is 6.17. The van der Waals surface area contributed by atoms with Crippen molar-refractivity contribution in [1.29, 1.82) is 0 Å². The molecule has 1 amide bonds. The second kappa shape index (κ2) is 6.61. The fourth-order valence-corrected chi connectivity index (χ4v) is 1.89. The molecule has 2 rings (SSSR count). The minimum absolute atomic E-state index is 0.275. The Morgan fingerprint density at radius 3 is 2.50 bits per heavy atom. The third kappa shape index (κ3) is 4.25. The number of nitrogens with zero attached hydrogens (tertiary/aromatic N) is 1. The predicted molar refractivity (Wildman–Crippen MR) is 85.3 cm³/mol. The molecule has 0 fully saturated rings. The van der Waals surface area contributed by atoms with E-state index in [0.717, 1.165) is 0 Å².